The van der Waals surface area contributed by atoms with E-state index in [9.17, 15) is 4.79 Å². The van der Waals surface area contributed by atoms with Crippen molar-refractivity contribution >= 4 is 23.6 Å². The molecule has 0 aromatic heterocycles. The molecule has 0 aliphatic carbocycles. The van der Waals surface area contributed by atoms with Gasteiger partial charge in [-0.25, -0.2) is 0 Å². The molecule has 13 heavy (non-hydrogen) atoms. The lowest BCUT2D eigenvalue weighted by Crippen LogP contribution is -2.13. The van der Waals surface area contributed by atoms with Gasteiger partial charge in [0.05, 0.1) is 0 Å². The van der Waals surface area contributed by atoms with Gasteiger partial charge >= 0.3 is 0 Å². The number of likely N-dealkylation sites (N-methyl/N-ethyl adjacent to an activating group) is 1. The minimum atomic E-state index is -0.125. The van der Waals surface area contributed by atoms with Gasteiger partial charge in [-0.1, -0.05) is 23.7 Å². The van der Waals surface area contributed by atoms with Gasteiger partial charge in [-0.15, -0.1) is 0 Å². The molecule has 1 aromatic carbocycles. The highest BCUT2D eigenvalue weighted by Gasteiger charge is 1.91. The quantitative estimate of drug-likeness (QED) is 0.720. The van der Waals surface area contributed by atoms with Gasteiger partial charge in [0.2, 0.25) is 5.91 Å². The molecular weight excluding hydrogens is 186 g/mol. The summed E-state index contributed by atoms with van der Waals surface area (Å²) in [5.41, 5.74) is 0.913. The summed E-state index contributed by atoms with van der Waals surface area (Å²) in [6.07, 6.45) is 3.18. The first-order valence-electron chi connectivity index (χ1n) is 3.88. The summed E-state index contributed by atoms with van der Waals surface area (Å²) in [5, 5.41) is 3.16. The van der Waals surface area contributed by atoms with Crippen molar-refractivity contribution in [3.63, 3.8) is 0 Å². The lowest BCUT2D eigenvalue weighted by molar-refractivity contribution is -0.115. The second kappa shape index (κ2) is 4.67. The fraction of sp³-hybridized carbons (Fsp3) is 0.100. The zero-order valence-corrected chi connectivity index (χ0v) is 8.01. The minimum absolute atomic E-state index is 0.125. The molecule has 0 bridgehead atoms. The van der Waals surface area contributed by atoms with Gasteiger partial charge in [-0.2, -0.15) is 0 Å². The van der Waals surface area contributed by atoms with E-state index >= 15 is 0 Å². The number of amides is 1. The molecule has 3 heteroatoms. The maximum atomic E-state index is 10.8. The summed E-state index contributed by atoms with van der Waals surface area (Å²) in [6.45, 7) is 0. The largest absolute Gasteiger partial charge is 0.356 e. The van der Waals surface area contributed by atoms with Crippen LogP contribution in [0.1, 0.15) is 5.56 Å². The van der Waals surface area contributed by atoms with E-state index < -0.39 is 0 Å². The van der Waals surface area contributed by atoms with Crippen molar-refractivity contribution in [3.8, 4) is 0 Å². The van der Waals surface area contributed by atoms with Crippen molar-refractivity contribution in [1.82, 2.24) is 5.32 Å². The average Bonchev–Trinajstić information content (AvgIpc) is 2.14. The molecule has 68 valence electrons. The second-order valence-corrected chi connectivity index (χ2v) is 2.94. The van der Waals surface area contributed by atoms with E-state index in [0.29, 0.717) is 5.02 Å². The molecule has 1 N–H and O–H groups in total. The van der Waals surface area contributed by atoms with Crippen LogP contribution in [0.4, 0.5) is 0 Å². The van der Waals surface area contributed by atoms with Crippen LogP contribution in [0.2, 0.25) is 5.02 Å². The first kappa shape index (κ1) is 9.81. The predicted octanol–water partition coefficient (Wildman–Crippen LogP) is 2.10. The molecule has 0 spiro atoms. The van der Waals surface area contributed by atoms with Crippen LogP contribution in [0.15, 0.2) is 30.3 Å². The van der Waals surface area contributed by atoms with E-state index in [1.54, 1.807) is 25.3 Å². The summed E-state index contributed by atoms with van der Waals surface area (Å²) in [6, 6.07) is 7.30. The summed E-state index contributed by atoms with van der Waals surface area (Å²) in [4.78, 5) is 10.8. The van der Waals surface area contributed by atoms with Crippen LogP contribution in [0.25, 0.3) is 6.08 Å². The van der Waals surface area contributed by atoms with Crippen molar-refractivity contribution in [2.24, 2.45) is 0 Å². The Morgan fingerprint density at radius 3 is 2.92 bits per heavy atom. The number of nitrogens with one attached hydrogen (secondary N) is 1. The van der Waals surface area contributed by atoms with Gasteiger partial charge in [-0.3, -0.25) is 4.79 Å². The van der Waals surface area contributed by atoms with Gasteiger partial charge in [-0.05, 0) is 23.8 Å². The number of carbonyl (C=O) groups is 1. The molecule has 1 rings (SSSR count). The summed E-state index contributed by atoms with van der Waals surface area (Å²) in [7, 11) is 1.59. The number of hydrogen-bond donors (Lipinski definition) is 1. The molecule has 0 heterocycles. The molecule has 0 saturated heterocycles. The zero-order valence-electron chi connectivity index (χ0n) is 7.25. The molecule has 1 amide bonds. The van der Waals surface area contributed by atoms with Gasteiger partial charge in [0.25, 0.3) is 0 Å². The molecule has 0 aliphatic heterocycles. The van der Waals surface area contributed by atoms with Crippen molar-refractivity contribution < 1.29 is 4.79 Å². The molecule has 0 unspecified atom stereocenters. The van der Waals surface area contributed by atoms with Crippen molar-refractivity contribution in [1.29, 1.82) is 0 Å². The second-order valence-electron chi connectivity index (χ2n) is 2.50. The lowest BCUT2D eigenvalue weighted by atomic mass is 10.2. The fourth-order valence-electron chi connectivity index (χ4n) is 0.866. The van der Waals surface area contributed by atoms with E-state index in [1.807, 2.05) is 12.1 Å². The summed E-state index contributed by atoms with van der Waals surface area (Å²) < 4.78 is 0. The Hall–Kier alpha value is -1.28. The van der Waals surface area contributed by atoms with Crippen molar-refractivity contribution in [3.05, 3.63) is 40.9 Å². The van der Waals surface area contributed by atoms with E-state index in [1.165, 1.54) is 6.08 Å². The molecule has 0 fully saturated rings. The predicted molar refractivity (Wildman–Crippen MR) is 54.6 cm³/mol. The Labute approximate surface area is 82.2 Å². The van der Waals surface area contributed by atoms with Crippen LogP contribution in [0.5, 0.6) is 0 Å². The highest BCUT2D eigenvalue weighted by atomic mass is 35.5. The van der Waals surface area contributed by atoms with Crippen molar-refractivity contribution in [2.45, 2.75) is 0 Å². The third-order valence-electron chi connectivity index (χ3n) is 1.52. The molecule has 1 aromatic rings. The number of halogens is 1. The van der Waals surface area contributed by atoms with E-state index in [-0.39, 0.29) is 5.91 Å². The zero-order chi connectivity index (χ0) is 9.68. The van der Waals surface area contributed by atoms with Crippen LogP contribution < -0.4 is 5.32 Å². The van der Waals surface area contributed by atoms with Crippen LogP contribution in [0, 0.1) is 0 Å². The topological polar surface area (TPSA) is 29.1 Å². The Bertz CT molecular complexity index is 333. The number of hydrogen-bond acceptors (Lipinski definition) is 1. The maximum Gasteiger partial charge on any atom is 0.243 e. The normalized spacial score (nSPS) is 10.3. The van der Waals surface area contributed by atoms with Gasteiger partial charge in [0.15, 0.2) is 0 Å². The molecule has 0 saturated carbocycles. The van der Waals surface area contributed by atoms with Crippen LogP contribution in [0.3, 0.4) is 0 Å². The molecule has 0 radical (unpaired) electrons. The van der Waals surface area contributed by atoms with E-state index in [2.05, 4.69) is 5.32 Å². The van der Waals surface area contributed by atoms with Gasteiger partial charge in [0, 0.05) is 18.1 Å². The molecule has 0 aliphatic rings. The highest BCUT2D eigenvalue weighted by molar-refractivity contribution is 6.30. The van der Waals surface area contributed by atoms with Crippen LogP contribution >= 0.6 is 11.6 Å². The SMILES string of the molecule is CNC(=O)C=Cc1cccc(Cl)c1. The lowest BCUT2D eigenvalue weighted by Gasteiger charge is -1.93. The smallest absolute Gasteiger partial charge is 0.243 e. The van der Waals surface area contributed by atoms with Gasteiger partial charge < -0.3 is 5.32 Å². The number of rotatable bonds is 2. The Balaban J connectivity index is 2.74. The first-order valence-corrected chi connectivity index (χ1v) is 4.25. The van der Waals surface area contributed by atoms with Crippen LogP contribution in [-0.4, -0.2) is 13.0 Å². The fourth-order valence-corrected chi connectivity index (χ4v) is 1.06. The number of carbonyl (C=O) groups excluding carboxylic acids is 1. The minimum Gasteiger partial charge on any atom is -0.356 e. The Morgan fingerprint density at radius 1 is 1.54 bits per heavy atom. The average molecular weight is 196 g/mol. The van der Waals surface area contributed by atoms with Crippen molar-refractivity contribution in [2.75, 3.05) is 7.05 Å². The van der Waals surface area contributed by atoms with E-state index in [4.69, 9.17) is 11.6 Å². The standard InChI is InChI=1S/C10H10ClNO/c1-12-10(13)6-5-8-3-2-4-9(11)7-8/h2-7H,1H3,(H,12,13). The Morgan fingerprint density at radius 2 is 2.31 bits per heavy atom. The third kappa shape index (κ3) is 3.30. The van der Waals surface area contributed by atoms with E-state index in [0.717, 1.165) is 5.56 Å². The van der Waals surface area contributed by atoms with Gasteiger partial charge in [0.1, 0.15) is 0 Å². The summed E-state index contributed by atoms with van der Waals surface area (Å²) in [5.74, 6) is -0.125. The van der Waals surface area contributed by atoms with Crippen LogP contribution in [-0.2, 0) is 4.79 Å². The maximum absolute atomic E-state index is 10.8. The third-order valence-corrected chi connectivity index (χ3v) is 1.76. The summed E-state index contributed by atoms with van der Waals surface area (Å²) >= 11 is 5.76. The Kier molecular flexibility index (Phi) is 3.53. The molecular formula is C10H10ClNO. The highest BCUT2D eigenvalue weighted by Crippen LogP contribution is 2.11. The molecule has 0 atom stereocenters. The first-order chi connectivity index (χ1) is 6.22. The monoisotopic (exact) mass is 195 g/mol. The molecule has 2 nitrogen and oxygen atoms in total. The number of benzene rings is 1.